The molecule has 4 heterocycles. The molecule has 0 spiro atoms. The van der Waals surface area contributed by atoms with Gasteiger partial charge >= 0.3 is 27.6 Å². The molecule has 356 valence electrons. The van der Waals surface area contributed by atoms with Crippen LogP contribution in [0.15, 0.2) is 0 Å². The Morgan fingerprint density at radius 1 is 0.721 bits per heavy atom. The highest BCUT2D eigenvalue weighted by atomic mass is 31.2. The number of phosphoric acid groups is 2. The Hall–Kier alpha value is -1.60. The minimum atomic E-state index is -5.58. The van der Waals surface area contributed by atoms with Crippen molar-refractivity contribution in [2.24, 2.45) is 11.5 Å². The molecule has 4 aliphatic heterocycles. The average Bonchev–Trinajstić information content (AvgIpc) is 3.17. The van der Waals surface area contributed by atoms with Crippen LogP contribution in [0.1, 0.15) is 12.8 Å². The van der Waals surface area contributed by atoms with Gasteiger partial charge in [-0.1, -0.05) is 0 Å². The highest BCUT2D eigenvalue weighted by Gasteiger charge is 2.61. The fourth-order valence-electron chi connectivity index (χ4n) is 6.81. The van der Waals surface area contributed by atoms with Crippen molar-refractivity contribution in [2.45, 2.75) is 135 Å². The molecule has 4 aliphatic rings. The summed E-state index contributed by atoms with van der Waals surface area (Å²) in [6.45, 7) is -4.68. The van der Waals surface area contributed by atoms with E-state index in [2.05, 4.69) is 9.05 Å². The molecule has 0 aromatic heterocycles. The van der Waals surface area contributed by atoms with E-state index in [1.807, 2.05) is 0 Å². The topological polar surface area (TPSA) is 527 Å². The lowest BCUT2D eigenvalue weighted by Gasteiger charge is -2.50. The highest BCUT2D eigenvalue weighted by Crippen LogP contribution is 2.44. The van der Waals surface area contributed by atoms with Gasteiger partial charge in [0.05, 0.1) is 50.7 Å². The monoisotopic (exact) mass is 940 g/mol. The molecule has 61 heavy (non-hydrogen) atoms. The number of nitrogens with two attached hydrogens (primary N) is 2. The molecule has 0 saturated carbocycles. The van der Waals surface area contributed by atoms with Crippen molar-refractivity contribution in [3.63, 3.8) is 0 Å². The lowest BCUT2D eigenvalue weighted by Crippen LogP contribution is -2.68. The molecule has 4 saturated heterocycles. The van der Waals surface area contributed by atoms with Crippen molar-refractivity contribution in [3.05, 3.63) is 0 Å². The molecule has 31 nitrogen and oxygen atoms in total. The first kappa shape index (κ1) is 52.0. The molecule has 0 unspecified atom stereocenters. The van der Waals surface area contributed by atoms with Gasteiger partial charge in [-0.15, -0.1) is 0 Å². The molecular formula is C28H50N2O29P2. The first-order valence-corrected chi connectivity index (χ1v) is 20.9. The summed E-state index contributed by atoms with van der Waals surface area (Å²) in [4.78, 5) is 62.9. The second-order valence-electron chi connectivity index (χ2n) is 14.4. The van der Waals surface area contributed by atoms with Gasteiger partial charge in [-0.05, 0) is 0 Å². The van der Waals surface area contributed by atoms with Crippen LogP contribution in [-0.4, -0.2) is 241 Å². The van der Waals surface area contributed by atoms with Crippen molar-refractivity contribution in [3.8, 4) is 0 Å². The summed E-state index contributed by atoms with van der Waals surface area (Å²) in [7, 11) is -10.9. The number of carboxylic acids is 2. The Morgan fingerprint density at radius 3 is 1.87 bits per heavy atom. The second kappa shape index (κ2) is 20.3. The van der Waals surface area contributed by atoms with E-state index in [-0.39, 0.29) is 0 Å². The number of ether oxygens (including phenoxy) is 7. The number of aliphatic hydroxyl groups excluding tert-OH is 10. The summed E-state index contributed by atoms with van der Waals surface area (Å²) in [5, 5.41) is 125. The van der Waals surface area contributed by atoms with Crippen LogP contribution in [0.4, 0.5) is 0 Å². The van der Waals surface area contributed by atoms with E-state index in [0.29, 0.717) is 0 Å². The predicted molar refractivity (Wildman–Crippen MR) is 182 cm³/mol. The summed E-state index contributed by atoms with van der Waals surface area (Å²) < 4.78 is 69.9. The van der Waals surface area contributed by atoms with Crippen LogP contribution >= 0.6 is 15.6 Å². The lowest BCUT2D eigenvalue weighted by molar-refractivity contribution is -0.377. The number of hydrogen-bond donors (Lipinski definition) is 18. The largest absolute Gasteiger partial charge is 0.477 e. The Labute approximate surface area is 341 Å². The van der Waals surface area contributed by atoms with Crippen LogP contribution in [0, 0.1) is 0 Å². The van der Waals surface area contributed by atoms with Crippen LogP contribution in [0.2, 0.25) is 0 Å². The highest BCUT2D eigenvalue weighted by molar-refractivity contribution is 7.46. The van der Waals surface area contributed by atoms with Gasteiger partial charge in [-0.3, -0.25) is 9.05 Å². The normalized spacial score (nSPS) is 43.7. The number of hydrogen-bond acceptors (Lipinski definition) is 25. The number of aliphatic hydroxyl groups is 10. The van der Waals surface area contributed by atoms with Crippen LogP contribution in [0.25, 0.3) is 0 Å². The maximum atomic E-state index is 13.0. The van der Waals surface area contributed by atoms with Crippen LogP contribution in [0.3, 0.4) is 0 Å². The number of aliphatic carboxylic acids is 2. The molecule has 33 heteroatoms. The third kappa shape index (κ3) is 12.2. The van der Waals surface area contributed by atoms with E-state index in [1.54, 1.807) is 0 Å². The van der Waals surface area contributed by atoms with Crippen molar-refractivity contribution in [2.75, 3.05) is 26.4 Å². The summed E-state index contributed by atoms with van der Waals surface area (Å²) in [6, 6.07) is -3.22. The quantitative estimate of drug-likeness (QED) is 0.0567. The van der Waals surface area contributed by atoms with Gasteiger partial charge in [-0.25, -0.2) is 18.7 Å². The van der Waals surface area contributed by atoms with Gasteiger partial charge in [-0.2, -0.15) is 0 Å². The molecule has 0 radical (unpaired) electrons. The molecule has 20 N–H and O–H groups in total. The minimum absolute atomic E-state index is 0.780. The summed E-state index contributed by atoms with van der Waals surface area (Å²) in [5.41, 5.74) is 11.5. The third-order valence-corrected chi connectivity index (χ3v) is 11.1. The molecular weight excluding hydrogens is 890 g/mol. The first-order chi connectivity index (χ1) is 28.1. The van der Waals surface area contributed by atoms with Crippen molar-refractivity contribution in [1.29, 1.82) is 0 Å². The Morgan fingerprint density at radius 2 is 1.31 bits per heavy atom. The standard InChI is InChI=1S/C28H50N2O29P2/c29-13-18(38)16(36)11(54-23(13)40)5-51-24-14(30)19(39)22(59-61(48,49)50)12(55-24)6-52-27(25(41)42)2-10(17(37)20(57-27)8(33)3-31)56-28(26(43)44)1-7(32)15(35)21(58-28)9(34)4-53-60(45,46)47/h7-24,31-40H,1-6,29-30H2,(H,41,42)(H,43,44)(H2,45,46,47)(H2,48,49,50)/t7-,8-,9-,10-,11-,12-,13-,14-,15-,16-,17-,18-,19-,20-,21-,22-,23+,24-,27-,28-/m1/s1. The van der Waals surface area contributed by atoms with Gasteiger partial charge in [0.1, 0.15) is 73.2 Å². The number of carbonyl (C=O) groups is 2. The van der Waals surface area contributed by atoms with Gasteiger partial charge < -0.3 is 125 Å². The van der Waals surface area contributed by atoms with Gasteiger partial charge in [0.25, 0.3) is 11.6 Å². The first-order valence-electron chi connectivity index (χ1n) is 17.8. The average molecular weight is 941 g/mol. The fourth-order valence-corrected chi connectivity index (χ4v) is 7.73. The Bertz CT molecular complexity index is 1590. The number of rotatable bonds is 18. The van der Waals surface area contributed by atoms with Gasteiger partial charge in [0, 0.05) is 12.8 Å². The predicted octanol–water partition coefficient (Wildman–Crippen LogP) is -9.89. The van der Waals surface area contributed by atoms with Crippen LogP contribution in [0.5, 0.6) is 0 Å². The molecule has 0 aromatic rings. The SMILES string of the molecule is N[C@@H]1[C@@H](O)[C@H](O)[C@@H](CO[C@@H]2O[C@H](CO[C@]3(C(=O)O)C[C@@H](O[C@]4(C(=O)O)C[C@@H](O)[C@@H](O)[C@@H]([C@H](O)COP(=O)(O)O)O4)[C@@H](O)[C@@H]([C@H](O)CO)O3)[C@@H](OP(=O)(O)O)[C@H](O)[C@H]2N)O[C@@H]1O. The maximum Gasteiger partial charge on any atom is 0.470 e. The molecule has 0 aliphatic carbocycles. The van der Waals surface area contributed by atoms with Crippen molar-refractivity contribution in [1.82, 2.24) is 0 Å². The maximum absolute atomic E-state index is 13.0. The number of phosphoric ester groups is 2. The van der Waals surface area contributed by atoms with Gasteiger partial charge in [0.15, 0.2) is 12.6 Å². The summed E-state index contributed by atoms with van der Waals surface area (Å²) >= 11 is 0. The van der Waals surface area contributed by atoms with Crippen molar-refractivity contribution >= 4 is 27.6 Å². The Kier molecular flexibility index (Phi) is 17.3. The van der Waals surface area contributed by atoms with E-state index in [4.69, 9.17) is 54.4 Å². The smallest absolute Gasteiger partial charge is 0.470 e. The molecule has 4 rings (SSSR count). The summed E-state index contributed by atoms with van der Waals surface area (Å²) in [6.07, 6.45) is -35.9. The third-order valence-electron chi connectivity index (χ3n) is 10.1. The molecule has 0 amide bonds. The zero-order valence-corrected chi connectivity index (χ0v) is 32.9. The number of carboxylic acid groups (broad SMARTS) is 2. The van der Waals surface area contributed by atoms with Crippen LogP contribution in [-0.2, 0) is 60.9 Å². The van der Waals surface area contributed by atoms with Crippen molar-refractivity contribution < 1.29 is 142 Å². The molecule has 0 aromatic carbocycles. The van der Waals surface area contributed by atoms with E-state index in [1.165, 1.54) is 0 Å². The van der Waals surface area contributed by atoms with E-state index >= 15 is 0 Å². The molecule has 20 atom stereocenters. The van der Waals surface area contributed by atoms with E-state index < -0.39 is 189 Å². The lowest BCUT2D eigenvalue weighted by atomic mass is 9.90. The molecule has 4 fully saturated rings. The van der Waals surface area contributed by atoms with Crippen LogP contribution < -0.4 is 11.5 Å². The zero-order valence-electron chi connectivity index (χ0n) is 31.1. The van der Waals surface area contributed by atoms with E-state index in [0.717, 1.165) is 0 Å². The summed E-state index contributed by atoms with van der Waals surface area (Å²) in [5.74, 6) is -10.9. The van der Waals surface area contributed by atoms with E-state index in [9.17, 15) is 89.8 Å². The Balaban J connectivity index is 1.65. The molecule has 0 bridgehead atoms. The zero-order chi connectivity index (χ0) is 46.2. The van der Waals surface area contributed by atoms with Gasteiger partial charge in [0.2, 0.25) is 0 Å². The fraction of sp³-hybridized carbons (Fsp3) is 0.929. The minimum Gasteiger partial charge on any atom is -0.477 e. The second-order valence-corrected chi connectivity index (χ2v) is 16.9.